The standard InChI is InChI=1S/C19H21N5O/c1-13-7-8-15-17(21-13)5-2-6-18(15)22-19(25)24-11-3-4-14(12-24)16-9-10-20-23-16/h2,5-10,14H,3-4,11-12H2,1H3,(H,20,23)(H,22,25)/t14-/m1/s1. The monoisotopic (exact) mass is 335 g/mol. The fourth-order valence-corrected chi connectivity index (χ4v) is 3.47. The van der Waals surface area contributed by atoms with Gasteiger partial charge in [-0.05, 0) is 50.1 Å². The van der Waals surface area contributed by atoms with Crippen LogP contribution >= 0.6 is 0 Å². The largest absolute Gasteiger partial charge is 0.324 e. The van der Waals surface area contributed by atoms with Crippen LogP contribution in [0.1, 0.15) is 30.1 Å². The molecule has 6 nitrogen and oxygen atoms in total. The van der Waals surface area contributed by atoms with E-state index in [1.807, 2.05) is 48.2 Å². The fraction of sp³-hybridized carbons (Fsp3) is 0.316. The van der Waals surface area contributed by atoms with E-state index in [1.54, 1.807) is 6.20 Å². The molecule has 1 fully saturated rings. The van der Waals surface area contributed by atoms with Crippen LogP contribution in [0.5, 0.6) is 0 Å². The highest BCUT2D eigenvalue weighted by atomic mass is 16.2. The van der Waals surface area contributed by atoms with Crippen LogP contribution in [0.15, 0.2) is 42.6 Å². The van der Waals surface area contributed by atoms with Gasteiger partial charge in [0.15, 0.2) is 0 Å². The molecule has 0 spiro atoms. The second-order valence-corrected chi connectivity index (χ2v) is 6.55. The quantitative estimate of drug-likeness (QED) is 0.750. The molecule has 2 aromatic heterocycles. The van der Waals surface area contributed by atoms with Gasteiger partial charge < -0.3 is 10.2 Å². The summed E-state index contributed by atoms with van der Waals surface area (Å²) >= 11 is 0. The van der Waals surface area contributed by atoms with E-state index in [0.29, 0.717) is 12.5 Å². The molecule has 1 aliphatic heterocycles. The molecule has 0 radical (unpaired) electrons. The smallest absolute Gasteiger partial charge is 0.321 e. The van der Waals surface area contributed by atoms with Crippen LogP contribution in [0.4, 0.5) is 10.5 Å². The second-order valence-electron chi connectivity index (χ2n) is 6.55. The highest BCUT2D eigenvalue weighted by Crippen LogP contribution is 2.27. The maximum absolute atomic E-state index is 12.8. The number of hydrogen-bond donors (Lipinski definition) is 2. The number of benzene rings is 1. The zero-order valence-corrected chi connectivity index (χ0v) is 14.2. The summed E-state index contributed by atoms with van der Waals surface area (Å²) in [7, 11) is 0. The van der Waals surface area contributed by atoms with Crippen LogP contribution in [0.3, 0.4) is 0 Å². The molecule has 1 saturated heterocycles. The minimum Gasteiger partial charge on any atom is -0.324 e. The summed E-state index contributed by atoms with van der Waals surface area (Å²) < 4.78 is 0. The topological polar surface area (TPSA) is 73.9 Å². The zero-order valence-electron chi connectivity index (χ0n) is 14.2. The van der Waals surface area contributed by atoms with Crippen molar-refractivity contribution in [3.05, 3.63) is 54.0 Å². The number of nitrogens with zero attached hydrogens (tertiary/aromatic N) is 3. The number of piperidine rings is 1. The molecule has 0 unspecified atom stereocenters. The molecule has 1 aromatic carbocycles. The molecule has 25 heavy (non-hydrogen) atoms. The third-order valence-electron chi connectivity index (χ3n) is 4.78. The van der Waals surface area contributed by atoms with Crippen LogP contribution in [-0.2, 0) is 0 Å². The first-order valence-corrected chi connectivity index (χ1v) is 8.62. The summed E-state index contributed by atoms with van der Waals surface area (Å²) in [6.45, 7) is 3.45. The number of nitrogens with one attached hydrogen (secondary N) is 2. The van der Waals surface area contributed by atoms with Gasteiger partial charge in [0.2, 0.25) is 0 Å². The first-order chi connectivity index (χ1) is 12.2. The number of aromatic nitrogens is 3. The molecule has 3 heterocycles. The Kier molecular flexibility index (Phi) is 4.09. The van der Waals surface area contributed by atoms with Crippen LogP contribution in [0.25, 0.3) is 10.9 Å². The van der Waals surface area contributed by atoms with E-state index in [9.17, 15) is 4.79 Å². The van der Waals surface area contributed by atoms with Crippen molar-refractivity contribution in [3.8, 4) is 0 Å². The number of carbonyl (C=O) groups is 1. The van der Waals surface area contributed by atoms with E-state index in [2.05, 4.69) is 20.5 Å². The summed E-state index contributed by atoms with van der Waals surface area (Å²) in [5, 5.41) is 11.1. The predicted octanol–water partition coefficient (Wildman–Crippen LogP) is 3.68. The summed E-state index contributed by atoms with van der Waals surface area (Å²) in [4.78, 5) is 19.2. The number of pyridine rings is 1. The van der Waals surface area contributed by atoms with Crippen molar-refractivity contribution in [3.63, 3.8) is 0 Å². The number of carbonyl (C=O) groups excluding carboxylic acids is 1. The van der Waals surface area contributed by atoms with Crippen LogP contribution in [-0.4, -0.2) is 39.2 Å². The molecule has 0 bridgehead atoms. The van der Waals surface area contributed by atoms with Crippen molar-refractivity contribution < 1.29 is 4.79 Å². The average molecular weight is 335 g/mol. The molecular formula is C19H21N5O. The van der Waals surface area contributed by atoms with Crippen LogP contribution in [0.2, 0.25) is 0 Å². The number of hydrogen-bond acceptors (Lipinski definition) is 3. The van der Waals surface area contributed by atoms with Gasteiger partial charge in [-0.2, -0.15) is 5.10 Å². The Balaban J connectivity index is 1.52. The number of likely N-dealkylation sites (tertiary alicyclic amines) is 1. The number of urea groups is 1. The lowest BCUT2D eigenvalue weighted by Crippen LogP contribution is -2.41. The van der Waals surface area contributed by atoms with Gasteiger partial charge in [-0.1, -0.05) is 6.07 Å². The maximum Gasteiger partial charge on any atom is 0.321 e. The van der Waals surface area contributed by atoms with E-state index in [1.165, 1.54) is 0 Å². The van der Waals surface area contributed by atoms with Gasteiger partial charge in [0.05, 0.1) is 11.2 Å². The zero-order chi connectivity index (χ0) is 17.2. The molecule has 4 rings (SSSR count). The van der Waals surface area contributed by atoms with Crippen molar-refractivity contribution in [1.29, 1.82) is 0 Å². The molecule has 0 aliphatic carbocycles. The highest BCUT2D eigenvalue weighted by molar-refractivity contribution is 6.00. The molecule has 2 N–H and O–H groups in total. The molecule has 1 aliphatic rings. The van der Waals surface area contributed by atoms with Gasteiger partial charge in [-0.3, -0.25) is 10.1 Å². The van der Waals surface area contributed by atoms with Crippen molar-refractivity contribution in [2.75, 3.05) is 18.4 Å². The Morgan fingerprint density at radius 3 is 3.04 bits per heavy atom. The van der Waals surface area contributed by atoms with Gasteiger partial charge in [0, 0.05) is 42.0 Å². The molecule has 0 saturated carbocycles. The molecular weight excluding hydrogens is 314 g/mol. The SMILES string of the molecule is Cc1ccc2c(NC(=O)N3CCC[C@@H](c4ccn[nH]4)C3)cccc2n1. The van der Waals surface area contributed by atoms with E-state index in [4.69, 9.17) is 0 Å². The van der Waals surface area contributed by atoms with E-state index < -0.39 is 0 Å². The lowest BCUT2D eigenvalue weighted by molar-refractivity contribution is 0.192. The average Bonchev–Trinajstić information content (AvgIpc) is 3.16. The Hall–Kier alpha value is -2.89. The molecule has 1 atom stereocenters. The lowest BCUT2D eigenvalue weighted by Gasteiger charge is -2.32. The number of anilines is 1. The van der Waals surface area contributed by atoms with E-state index >= 15 is 0 Å². The number of rotatable bonds is 2. The van der Waals surface area contributed by atoms with Gasteiger partial charge in [0.25, 0.3) is 0 Å². The van der Waals surface area contributed by atoms with Gasteiger partial charge in [-0.25, -0.2) is 4.79 Å². The van der Waals surface area contributed by atoms with E-state index in [0.717, 1.165) is 47.4 Å². The minimum absolute atomic E-state index is 0.0581. The summed E-state index contributed by atoms with van der Waals surface area (Å²) in [5.41, 5.74) is 3.77. The highest BCUT2D eigenvalue weighted by Gasteiger charge is 2.25. The van der Waals surface area contributed by atoms with Crippen molar-refractivity contribution in [1.82, 2.24) is 20.1 Å². The number of H-pyrrole nitrogens is 1. The summed E-state index contributed by atoms with van der Waals surface area (Å²) in [5.74, 6) is 0.318. The first-order valence-electron chi connectivity index (χ1n) is 8.62. The normalized spacial score (nSPS) is 17.6. The first kappa shape index (κ1) is 15.6. The summed E-state index contributed by atoms with van der Waals surface area (Å²) in [6.07, 6.45) is 3.83. The Bertz CT molecular complexity index is 890. The second kappa shape index (κ2) is 6.55. The predicted molar refractivity (Wildman–Crippen MR) is 97.6 cm³/mol. The minimum atomic E-state index is -0.0581. The number of aryl methyl sites for hydroxylation is 1. The summed E-state index contributed by atoms with van der Waals surface area (Å²) in [6, 6.07) is 11.7. The van der Waals surface area contributed by atoms with Crippen molar-refractivity contribution in [2.24, 2.45) is 0 Å². The molecule has 2 amide bonds. The number of fused-ring (bicyclic) bond motifs is 1. The van der Waals surface area contributed by atoms with Crippen molar-refractivity contribution >= 4 is 22.6 Å². The third kappa shape index (κ3) is 3.20. The van der Waals surface area contributed by atoms with Crippen LogP contribution in [0, 0.1) is 6.92 Å². The Labute approximate surface area is 146 Å². The van der Waals surface area contributed by atoms with Crippen LogP contribution < -0.4 is 5.32 Å². The third-order valence-corrected chi connectivity index (χ3v) is 4.78. The Morgan fingerprint density at radius 1 is 1.28 bits per heavy atom. The molecule has 128 valence electrons. The number of aromatic amines is 1. The maximum atomic E-state index is 12.8. The fourth-order valence-electron chi connectivity index (χ4n) is 3.47. The van der Waals surface area contributed by atoms with Crippen molar-refractivity contribution in [2.45, 2.75) is 25.7 Å². The van der Waals surface area contributed by atoms with Gasteiger partial charge in [0.1, 0.15) is 0 Å². The molecule has 3 aromatic rings. The van der Waals surface area contributed by atoms with Gasteiger partial charge >= 0.3 is 6.03 Å². The van der Waals surface area contributed by atoms with Gasteiger partial charge in [-0.15, -0.1) is 0 Å². The Morgan fingerprint density at radius 2 is 2.20 bits per heavy atom. The lowest BCUT2D eigenvalue weighted by atomic mass is 9.95. The van der Waals surface area contributed by atoms with E-state index in [-0.39, 0.29) is 6.03 Å². The number of amides is 2. The molecule has 6 heteroatoms.